The molecule has 1 heterocycles. The van der Waals surface area contributed by atoms with Gasteiger partial charge in [0.15, 0.2) is 29.0 Å². The molecule has 3 N–H and O–H groups in total. The van der Waals surface area contributed by atoms with Crippen molar-refractivity contribution in [3.63, 3.8) is 0 Å². The van der Waals surface area contributed by atoms with Crippen molar-refractivity contribution in [1.29, 1.82) is 0 Å². The van der Waals surface area contributed by atoms with E-state index < -0.39 is 52.8 Å². The number of amides is 1. The Morgan fingerprint density at radius 3 is 2.35 bits per heavy atom. The average molecular weight is 480 g/mol. The third kappa shape index (κ3) is 4.73. The summed E-state index contributed by atoms with van der Waals surface area (Å²) in [4.78, 5) is 36.1. The van der Waals surface area contributed by atoms with Gasteiger partial charge in [-0.2, -0.15) is 0 Å². The summed E-state index contributed by atoms with van der Waals surface area (Å²) in [6.45, 7) is 2.89. The lowest BCUT2D eigenvalue weighted by molar-refractivity contribution is -0.137. The van der Waals surface area contributed by atoms with Gasteiger partial charge in [-0.25, -0.2) is 17.6 Å². The number of nitrogens with one attached hydrogen (secondary N) is 1. The van der Waals surface area contributed by atoms with Gasteiger partial charge in [0.25, 0.3) is 5.91 Å². The van der Waals surface area contributed by atoms with Gasteiger partial charge in [0.05, 0.1) is 11.9 Å². The second kappa shape index (κ2) is 9.54. The molecule has 0 aliphatic rings. The molecule has 3 aromatic rings. The van der Waals surface area contributed by atoms with Crippen LogP contribution in [0.15, 0.2) is 24.3 Å². The number of benzene rings is 2. The number of phenols is 1. The fourth-order valence-corrected chi connectivity index (χ4v) is 3.78. The minimum Gasteiger partial charge on any atom is -0.503 e. The van der Waals surface area contributed by atoms with E-state index >= 15 is 0 Å². The number of rotatable bonds is 7. The minimum atomic E-state index is -1.34. The maximum atomic E-state index is 14.9. The highest BCUT2D eigenvalue weighted by Crippen LogP contribution is 2.35. The molecular formula is C23H20F4N2O5. The van der Waals surface area contributed by atoms with Gasteiger partial charge in [-0.05, 0) is 44.0 Å². The molecule has 0 saturated carbocycles. The number of aromatic hydroxyl groups is 1. The molecule has 0 unspecified atom stereocenters. The molecule has 11 heteroatoms. The summed E-state index contributed by atoms with van der Waals surface area (Å²) in [5.41, 5.74) is -0.353. The van der Waals surface area contributed by atoms with Crippen LogP contribution >= 0.6 is 0 Å². The summed E-state index contributed by atoms with van der Waals surface area (Å²) < 4.78 is 56.9. The monoisotopic (exact) mass is 480 g/mol. The number of carbonyl (C=O) groups is 3. The summed E-state index contributed by atoms with van der Waals surface area (Å²) in [6, 6.07) is 2.46. The molecule has 1 atom stereocenters. The maximum absolute atomic E-state index is 14.9. The fourth-order valence-electron chi connectivity index (χ4n) is 3.78. The van der Waals surface area contributed by atoms with Crippen LogP contribution in [0.25, 0.3) is 10.9 Å². The van der Waals surface area contributed by atoms with E-state index in [1.165, 1.54) is 13.8 Å². The second-order valence-corrected chi connectivity index (χ2v) is 7.81. The molecule has 0 fully saturated rings. The van der Waals surface area contributed by atoms with Crippen LogP contribution in [-0.4, -0.2) is 38.6 Å². The molecule has 180 valence electrons. The summed E-state index contributed by atoms with van der Waals surface area (Å²) in [7, 11) is 0. The van der Waals surface area contributed by atoms with E-state index in [0.29, 0.717) is 6.07 Å². The maximum Gasteiger partial charge on any atom is 0.305 e. The molecule has 1 aromatic heterocycles. The van der Waals surface area contributed by atoms with E-state index in [2.05, 4.69) is 5.32 Å². The van der Waals surface area contributed by atoms with Crippen LogP contribution in [0.4, 0.5) is 17.6 Å². The summed E-state index contributed by atoms with van der Waals surface area (Å²) in [6.07, 6.45) is -0.691. The van der Waals surface area contributed by atoms with Crippen LogP contribution in [0.3, 0.4) is 0 Å². The Morgan fingerprint density at radius 1 is 1.06 bits per heavy atom. The van der Waals surface area contributed by atoms with Crippen LogP contribution in [-0.2, 0) is 16.0 Å². The largest absolute Gasteiger partial charge is 0.503 e. The van der Waals surface area contributed by atoms with Gasteiger partial charge >= 0.3 is 5.97 Å². The van der Waals surface area contributed by atoms with Crippen molar-refractivity contribution in [2.24, 2.45) is 0 Å². The van der Waals surface area contributed by atoms with Gasteiger partial charge in [0, 0.05) is 35.2 Å². The van der Waals surface area contributed by atoms with Crippen LogP contribution < -0.4 is 5.32 Å². The van der Waals surface area contributed by atoms with E-state index in [1.54, 1.807) is 0 Å². The smallest absolute Gasteiger partial charge is 0.305 e. The Labute approximate surface area is 190 Å². The highest BCUT2D eigenvalue weighted by Gasteiger charge is 2.26. The molecule has 0 radical (unpaired) electrons. The normalized spacial score (nSPS) is 12.1. The summed E-state index contributed by atoms with van der Waals surface area (Å²) >= 11 is 0. The molecule has 0 saturated heterocycles. The topological polar surface area (TPSA) is 109 Å². The zero-order valence-electron chi connectivity index (χ0n) is 18.1. The number of hydrogen-bond donors (Lipinski definition) is 3. The summed E-state index contributed by atoms with van der Waals surface area (Å²) in [5.74, 6) is -8.99. The van der Waals surface area contributed by atoms with Crippen molar-refractivity contribution in [2.75, 3.05) is 0 Å². The van der Waals surface area contributed by atoms with Crippen LogP contribution in [0.2, 0.25) is 0 Å². The number of hydrogen-bond acceptors (Lipinski definition) is 4. The number of carboxylic acid groups (broad SMARTS) is 1. The molecule has 2 aromatic carbocycles. The molecule has 3 rings (SSSR count). The van der Waals surface area contributed by atoms with Gasteiger partial charge in [-0.15, -0.1) is 0 Å². The highest BCUT2D eigenvalue weighted by atomic mass is 19.2. The molecule has 0 bridgehead atoms. The molecule has 7 nitrogen and oxygen atoms in total. The SMILES string of the molecule is Cc1c(CCC(=O)N[C@@H](C)CC(=O)O)c2c(F)c(O)c(F)cc2n1C(=O)c1ccc(F)c(F)c1. The first kappa shape index (κ1) is 24.7. The van der Waals surface area contributed by atoms with Crippen molar-refractivity contribution in [1.82, 2.24) is 9.88 Å². The minimum absolute atomic E-state index is 0.0972. The van der Waals surface area contributed by atoms with Crippen molar-refractivity contribution >= 4 is 28.7 Å². The van der Waals surface area contributed by atoms with Crippen molar-refractivity contribution < 1.29 is 42.2 Å². The third-order valence-electron chi connectivity index (χ3n) is 5.35. The Kier molecular flexibility index (Phi) is 6.94. The Morgan fingerprint density at radius 2 is 1.74 bits per heavy atom. The first-order chi connectivity index (χ1) is 15.9. The number of phenolic OH excluding ortho intramolecular Hbond substituents is 1. The van der Waals surface area contributed by atoms with Crippen LogP contribution in [0.1, 0.15) is 41.4 Å². The first-order valence-corrected chi connectivity index (χ1v) is 10.1. The van der Waals surface area contributed by atoms with E-state index in [1.807, 2.05) is 0 Å². The predicted molar refractivity (Wildman–Crippen MR) is 113 cm³/mol. The molecule has 0 spiro atoms. The molecule has 34 heavy (non-hydrogen) atoms. The number of halogens is 4. The number of carbonyl (C=O) groups excluding carboxylic acids is 2. The molecule has 1 amide bonds. The average Bonchev–Trinajstić information content (AvgIpc) is 3.02. The van der Waals surface area contributed by atoms with Gasteiger partial charge < -0.3 is 15.5 Å². The van der Waals surface area contributed by atoms with Crippen molar-refractivity contribution in [3.8, 4) is 5.75 Å². The van der Waals surface area contributed by atoms with Crippen LogP contribution in [0.5, 0.6) is 5.75 Å². The Balaban J connectivity index is 2.05. The number of fused-ring (bicyclic) bond motifs is 1. The number of nitrogens with zero attached hydrogens (tertiary/aromatic N) is 1. The molecule has 0 aliphatic carbocycles. The summed E-state index contributed by atoms with van der Waals surface area (Å²) in [5, 5.41) is 20.7. The standard InChI is InChI=1S/C23H20F4N2O5/c1-10(7-19(31)32)28-18(30)6-4-13-11(2)29(17-9-16(26)22(33)21(27)20(13)17)23(34)12-3-5-14(24)15(25)8-12/h3,5,8-10,33H,4,6-7H2,1-2H3,(H,28,30)(H,31,32)/t10-/m0/s1. The second-order valence-electron chi connectivity index (χ2n) is 7.81. The van der Waals surface area contributed by atoms with Gasteiger partial charge in [0.1, 0.15) is 0 Å². The zero-order valence-corrected chi connectivity index (χ0v) is 18.1. The van der Waals surface area contributed by atoms with E-state index in [4.69, 9.17) is 5.11 Å². The number of aromatic nitrogens is 1. The highest BCUT2D eigenvalue weighted by molar-refractivity contribution is 6.04. The van der Waals surface area contributed by atoms with E-state index in [9.17, 15) is 37.1 Å². The molecular weight excluding hydrogens is 460 g/mol. The number of aryl methyl sites for hydroxylation is 1. The lowest BCUT2D eigenvalue weighted by Crippen LogP contribution is -2.34. The Bertz CT molecular complexity index is 1320. The Hall–Kier alpha value is -3.89. The number of aliphatic carboxylic acids is 1. The lowest BCUT2D eigenvalue weighted by atomic mass is 10.0. The van der Waals surface area contributed by atoms with Gasteiger partial charge in [-0.1, -0.05) is 0 Å². The quantitative estimate of drug-likeness (QED) is 0.446. The first-order valence-electron chi connectivity index (χ1n) is 10.1. The van der Waals surface area contributed by atoms with E-state index in [0.717, 1.165) is 22.8 Å². The molecule has 0 aliphatic heterocycles. The van der Waals surface area contributed by atoms with Gasteiger partial charge in [-0.3, -0.25) is 19.0 Å². The van der Waals surface area contributed by atoms with Crippen molar-refractivity contribution in [3.05, 3.63) is 64.4 Å². The predicted octanol–water partition coefficient (Wildman–Crippen LogP) is 3.81. The lowest BCUT2D eigenvalue weighted by Gasteiger charge is -2.11. The fraction of sp³-hybridized carbons (Fsp3) is 0.261. The third-order valence-corrected chi connectivity index (χ3v) is 5.35. The van der Waals surface area contributed by atoms with Gasteiger partial charge in [0.2, 0.25) is 5.91 Å². The number of carboxylic acids is 1. The van der Waals surface area contributed by atoms with Crippen molar-refractivity contribution in [2.45, 2.75) is 39.2 Å². The van der Waals surface area contributed by atoms with Crippen LogP contribution in [0, 0.1) is 30.2 Å². The van der Waals surface area contributed by atoms with E-state index in [-0.39, 0.29) is 47.0 Å². The zero-order chi connectivity index (χ0) is 25.3.